The van der Waals surface area contributed by atoms with Gasteiger partial charge in [-0.1, -0.05) is 17.7 Å². The number of imidazole rings is 1. The van der Waals surface area contributed by atoms with Crippen molar-refractivity contribution in [3.63, 3.8) is 0 Å². The maximum absolute atomic E-state index is 6.33. The van der Waals surface area contributed by atoms with Crippen LogP contribution in [0.3, 0.4) is 0 Å². The van der Waals surface area contributed by atoms with Crippen LogP contribution < -0.4 is 0 Å². The Labute approximate surface area is 138 Å². The molecule has 5 heteroatoms. The van der Waals surface area contributed by atoms with E-state index >= 15 is 0 Å². The average Bonchev–Trinajstić information content (AvgIpc) is 3.05. The second kappa shape index (κ2) is 5.99. The Morgan fingerprint density at radius 3 is 2.76 bits per heavy atom. The number of nitrogens with zero attached hydrogens (tertiary/aromatic N) is 2. The average molecular weight is 339 g/mol. The molecule has 0 amide bonds. The van der Waals surface area contributed by atoms with Crippen molar-refractivity contribution in [1.82, 2.24) is 9.55 Å². The highest BCUT2D eigenvalue weighted by Crippen LogP contribution is 2.32. The van der Waals surface area contributed by atoms with Gasteiger partial charge in [0.25, 0.3) is 0 Å². The first-order valence-electron chi connectivity index (χ1n) is 6.89. The number of fused-ring (bicyclic) bond motifs is 1. The van der Waals surface area contributed by atoms with Crippen LogP contribution in [0.15, 0.2) is 35.0 Å². The lowest BCUT2D eigenvalue weighted by molar-refractivity contribution is 0.535. The molecule has 2 nitrogen and oxygen atoms in total. The van der Waals surface area contributed by atoms with Crippen molar-refractivity contribution in [3.8, 4) is 0 Å². The van der Waals surface area contributed by atoms with E-state index in [1.165, 1.54) is 5.56 Å². The van der Waals surface area contributed by atoms with Gasteiger partial charge in [-0.2, -0.15) is 11.3 Å². The molecule has 0 aliphatic carbocycles. The van der Waals surface area contributed by atoms with Crippen molar-refractivity contribution in [2.45, 2.75) is 31.7 Å². The first-order chi connectivity index (χ1) is 10.1. The lowest BCUT2D eigenvalue weighted by atomic mass is 10.1. The molecule has 0 radical (unpaired) electrons. The van der Waals surface area contributed by atoms with Crippen molar-refractivity contribution in [1.29, 1.82) is 0 Å². The van der Waals surface area contributed by atoms with Gasteiger partial charge in [0.05, 0.1) is 15.9 Å². The molecule has 2 unspecified atom stereocenters. The molecule has 2 aromatic heterocycles. The molecule has 0 aliphatic heterocycles. The number of thiophene rings is 1. The van der Waals surface area contributed by atoms with Crippen LogP contribution in [0.1, 0.15) is 36.7 Å². The summed E-state index contributed by atoms with van der Waals surface area (Å²) in [6, 6.07) is 8.33. The number of alkyl halides is 1. The lowest BCUT2D eigenvalue weighted by Crippen LogP contribution is -2.12. The summed E-state index contributed by atoms with van der Waals surface area (Å²) in [5.74, 6) is 0.877. The van der Waals surface area contributed by atoms with Gasteiger partial charge in [-0.15, -0.1) is 11.6 Å². The monoisotopic (exact) mass is 338 g/mol. The molecule has 3 rings (SSSR count). The van der Waals surface area contributed by atoms with Gasteiger partial charge in [-0.25, -0.2) is 4.98 Å². The SMILES string of the molecule is CC(Cl)c1nc2c(Cl)cccc2n1C(C)Cc1ccsc1. The van der Waals surface area contributed by atoms with E-state index in [2.05, 4.69) is 39.4 Å². The molecule has 0 saturated heterocycles. The van der Waals surface area contributed by atoms with Crippen molar-refractivity contribution in [3.05, 3.63) is 51.4 Å². The molecule has 110 valence electrons. The zero-order valence-corrected chi connectivity index (χ0v) is 14.2. The van der Waals surface area contributed by atoms with Crippen LogP contribution in [-0.2, 0) is 6.42 Å². The molecule has 1 aromatic carbocycles. The number of para-hydroxylation sites is 1. The maximum atomic E-state index is 6.33. The molecular formula is C16H16Cl2N2S. The van der Waals surface area contributed by atoms with Crippen LogP contribution in [-0.4, -0.2) is 9.55 Å². The van der Waals surface area contributed by atoms with E-state index < -0.39 is 0 Å². The van der Waals surface area contributed by atoms with Crippen LogP contribution in [0.25, 0.3) is 11.0 Å². The third-order valence-corrected chi connectivity index (χ3v) is 4.84. The quantitative estimate of drug-likeness (QED) is 0.545. The zero-order chi connectivity index (χ0) is 15.0. The number of hydrogen-bond donors (Lipinski definition) is 0. The second-order valence-corrected chi connectivity index (χ2v) is 7.09. The molecular weight excluding hydrogens is 323 g/mol. The standard InChI is InChI=1S/C16H16Cl2N2S/c1-10(8-12-6-7-21-9-12)20-14-5-3-4-13(18)15(14)19-16(20)11(2)17/h3-7,9-11H,8H2,1-2H3. The second-order valence-electron chi connectivity index (χ2n) is 5.25. The number of aromatic nitrogens is 2. The van der Waals surface area contributed by atoms with Crippen LogP contribution in [0, 0.1) is 0 Å². The smallest absolute Gasteiger partial charge is 0.128 e. The summed E-state index contributed by atoms with van der Waals surface area (Å²) in [5, 5.41) is 4.81. The first-order valence-corrected chi connectivity index (χ1v) is 8.65. The molecule has 0 aliphatic rings. The Morgan fingerprint density at radius 1 is 1.29 bits per heavy atom. The first kappa shape index (κ1) is 14.9. The van der Waals surface area contributed by atoms with Crippen molar-refractivity contribution in [2.24, 2.45) is 0 Å². The molecule has 0 saturated carbocycles. The topological polar surface area (TPSA) is 17.8 Å². The van der Waals surface area contributed by atoms with E-state index in [4.69, 9.17) is 23.2 Å². The Bertz CT molecular complexity index is 747. The van der Waals surface area contributed by atoms with Crippen molar-refractivity contribution >= 4 is 45.6 Å². The van der Waals surface area contributed by atoms with Gasteiger partial charge in [0.2, 0.25) is 0 Å². The van der Waals surface area contributed by atoms with Crippen molar-refractivity contribution in [2.75, 3.05) is 0 Å². The highest BCUT2D eigenvalue weighted by atomic mass is 35.5. The fourth-order valence-electron chi connectivity index (χ4n) is 2.69. The van der Waals surface area contributed by atoms with Gasteiger partial charge >= 0.3 is 0 Å². The highest BCUT2D eigenvalue weighted by Gasteiger charge is 2.20. The third kappa shape index (κ3) is 2.83. The molecule has 0 fully saturated rings. The molecule has 3 aromatic rings. The van der Waals surface area contributed by atoms with E-state index in [1.807, 2.05) is 19.1 Å². The van der Waals surface area contributed by atoms with E-state index in [9.17, 15) is 0 Å². The minimum absolute atomic E-state index is 0.154. The predicted molar refractivity (Wildman–Crippen MR) is 91.7 cm³/mol. The van der Waals surface area contributed by atoms with E-state index in [0.717, 1.165) is 23.3 Å². The summed E-state index contributed by atoms with van der Waals surface area (Å²) in [6.07, 6.45) is 0.956. The zero-order valence-electron chi connectivity index (χ0n) is 11.9. The fraction of sp³-hybridized carbons (Fsp3) is 0.312. The molecule has 2 heterocycles. The summed E-state index contributed by atoms with van der Waals surface area (Å²) in [4.78, 5) is 4.66. The molecule has 21 heavy (non-hydrogen) atoms. The molecule has 0 N–H and O–H groups in total. The van der Waals surface area contributed by atoms with E-state index in [-0.39, 0.29) is 11.4 Å². The van der Waals surface area contributed by atoms with Crippen molar-refractivity contribution < 1.29 is 0 Å². The number of benzene rings is 1. The predicted octanol–water partition coefficient (Wildman–Crippen LogP) is 5.85. The summed E-state index contributed by atoms with van der Waals surface area (Å²) in [5.41, 5.74) is 3.22. The fourth-order valence-corrected chi connectivity index (χ4v) is 3.73. The van der Waals surface area contributed by atoms with Crippen LogP contribution >= 0.6 is 34.5 Å². The minimum Gasteiger partial charge on any atom is -0.324 e. The number of halogens is 2. The largest absolute Gasteiger partial charge is 0.324 e. The van der Waals surface area contributed by atoms with Gasteiger partial charge in [-0.05, 0) is 54.8 Å². The van der Waals surface area contributed by atoms with Crippen LogP contribution in [0.4, 0.5) is 0 Å². The van der Waals surface area contributed by atoms with Gasteiger partial charge < -0.3 is 4.57 Å². The van der Waals surface area contributed by atoms with Gasteiger partial charge in [0, 0.05) is 6.04 Å². The van der Waals surface area contributed by atoms with Gasteiger partial charge in [0.15, 0.2) is 0 Å². The van der Waals surface area contributed by atoms with E-state index in [1.54, 1.807) is 11.3 Å². The van der Waals surface area contributed by atoms with Gasteiger partial charge in [-0.3, -0.25) is 0 Å². The minimum atomic E-state index is -0.154. The van der Waals surface area contributed by atoms with E-state index in [0.29, 0.717) is 5.02 Å². The summed E-state index contributed by atoms with van der Waals surface area (Å²) >= 11 is 14.3. The van der Waals surface area contributed by atoms with Crippen LogP contribution in [0.2, 0.25) is 5.02 Å². The maximum Gasteiger partial charge on any atom is 0.128 e. The third-order valence-electron chi connectivity index (χ3n) is 3.61. The highest BCUT2D eigenvalue weighted by molar-refractivity contribution is 7.07. The van der Waals surface area contributed by atoms with Crippen LogP contribution in [0.5, 0.6) is 0 Å². The summed E-state index contributed by atoms with van der Waals surface area (Å²) in [6.45, 7) is 4.15. The van der Waals surface area contributed by atoms with Gasteiger partial charge in [0.1, 0.15) is 11.3 Å². The normalized spacial score (nSPS) is 14.5. The Kier molecular flexibility index (Phi) is 4.25. The molecule has 2 atom stereocenters. The Morgan fingerprint density at radius 2 is 2.10 bits per heavy atom. The molecule has 0 spiro atoms. The Hall–Kier alpha value is -1.03. The number of hydrogen-bond acceptors (Lipinski definition) is 2. The molecule has 0 bridgehead atoms. The summed E-state index contributed by atoms with van der Waals surface area (Å²) < 4.78 is 2.22. The number of rotatable bonds is 4. The Balaban J connectivity index is 2.10. The summed E-state index contributed by atoms with van der Waals surface area (Å²) in [7, 11) is 0. The lowest BCUT2D eigenvalue weighted by Gasteiger charge is -2.18.